The van der Waals surface area contributed by atoms with Crippen LogP contribution in [0.1, 0.15) is 36.1 Å². The van der Waals surface area contributed by atoms with Crippen LogP contribution in [0.5, 0.6) is 0 Å². The van der Waals surface area contributed by atoms with Crippen molar-refractivity contribution in [2.24, 2.45) is 0 Å². The van der Waals surface area contributed by atoms with Crippen LogP contribution in [0.2, 0.25) is 0 Å². The zero-order chi connectivity index (χ0) is 35.6. The molecule has 6 aromatic carbocycles. The van der Waals surface area contributed by atoms with Crippen molar-refractivity contribution in [3.8, 4) is 11.1 Å². The van der Waals surface area contributed by atoms with E-state index in [1.54, 1.807) is 0 Å². The molecular formula is C47H49N3. The van der Waals surface area contributed by atoms with Crippen molar-refractivity contribution in [1.29, 1.82) is 0 Å². The summed E-state index contributed by atoms with van der Waals surface area (Å²) in [5.74, 6) is 0. The lowest BCUT2D eigenvalue weighted by atomic mass is 10.00. The van der Waals surface area contributed by atoms with Gasteiger partial charge in [-0.1, -0.05) is 172 Å². The first kappa shape index (κ1) is 36.8. The number of nitrogens with zero attached hydrogens (tertiary/aromatic N) is 1. The molecule has 0 saturated heterocycles. The highest BCUT2D eigenvalue weighted by atomic mass is 15.2. The fourth-order valence-electron chi connectivity index (χ4n) is 5.21. The van der Waals surface area contributed by atoms with Crippen LogP contribution in [-0.4, -0.2) is 11.9 Å². The minimum atomic E-state index is 0.822. The van der Waals surface area contributed by atoms with E-state index in [0.29, 0.717) is 0 Å². The van der Waals surface area contributed by atoms with Crippen LogP contribution in [0.25, 0.3) is 33.2 Å². The summed E-state index contributed by atoms with van der Waals surface area (Å²) < 4.78 is 0. The Bertz CT molecular complexity index is 2000. The van der Waals surface area contributed by atoms with Gasteiger partial charge >= 0.3 is 0 Å². The first-order chi connectivity index (χ1) is 24.5. The van der Waals surface area contributed by atoms with Gasteiger partial charge < -0.3 is 16.0 Å². The number of para-hydroxylation sites is 1. The molecule has 0 spiro atoms. The van der Waals surface area contributed by atoms with Crippen LogP contribution in [0, 0.1) is 6.92 Å². The second-order valence-corrected chi connectivity index (χ2v) is 11.6. The van der Waals surface area contributed by atoms with Crippen LogP contribution in [0.4, 0.5) is 5.69 Å². The molecule has 3 nitrogen and oxygen atoms in total. The van der Waals surface area contributed by atoms with Gasteiger partial charge in [-0.3, -0.25) is 0 Å². The maximum atomic E-state index is 5.36. The number of aryl methyl sites for hydroxylation is 1. The van der Waals surface area contributed by atoms with E-state index >= 15 is 0 Å². The molecule has 0 unspecified atom stereocenters. The van der Waals surface area contributed by atoms with E-state index in [-0.39, 0.29) is 0 Å². The molecule has 0 aliphatic carbocycles. The van der Waals surface area contributed by atoms with E-state index in [1.807, 2.05) is 75.7 Å². The van der Waals surface area contributed by atoms with E-state index < -0.39 is 0 Å². The van der Waals surface area contributed by atoms with E-state index in [2.05, 4.69) is 151 Å². The first-order valence-electron chi connectivity index (χ1n) is 17.2. The lowest BCUT2D eigenvalue weighted by molar-refractivity contribution is 0.618. The molecule has 252 valence electrons. The van der Waals surface area contributed by atoms with Gasteiger partial charge in [0.05, 0.1) is 5.70 Å². The van der Waals surface area contributed by atoms with E-state index in [9.17, 15) is 0 Å². The van der Waals surface area contributed by atoms with Crippen molar-refractivity contribution in [1.82, 2.24) is 10.2 Å². The highest BCUT2D eigenvalue weighted by molar-refractivity contribution is 5.83. The maximum absolute atomic E-state index is 5.36. The summed E-state index contributed by atoms with van der Waals surface area (Å²) in [6.45, 7) is 11.2. The zero-order valence-electron chi connectivity index (χ0n) is 29.8. The van der Waals surface area contributed by atoms with Crippen molar-refractivity contribution in [3.05, 3.63) is 211 Å². The smallest absolute Gasteiger partial charge is 0.0648 e. The monoisotopic (exact) mass is 655 g/mol. The number of allylic oxidation sites excluding steroid dienone is 4. The lowest BCUT2D eigenvalue weighted by Gasteiger charge is -2.08. The number of benzene rings is 6. The Kier molecular flexibility index (Phi) is 14.5. The number of fused-ring (bicyclic) bond motifs is 1. The molecule has 7 rings (SSSR count). The quantitative estimate of drug-likeness (QED) is 0.127. The fraction of sp³-hybridized carbons (Fsp3) is 0.106. The lowest BCUT2D eigenvalue weighted by Crippen LogP contribution is -1.99. The van der Waals surface area contributed by atoms with Gasteiger partial charge in [0.15, 0.2) is 0 Å². The van der Waals surface area contributed by atoms with Gasteiger partial charge in [0.1, 0.15) is 0 Å². The van der Waals surface area contributed by atoms with E-state index in [4.69, 9.17) is 5.73 Å². The third-order valence-corrected chi connectivity index (χ3v) is 7.83. The Morgan fingerprint density at radius 3 is 1.94 bits per heavy atom. The number of nitrogens with two attached hydrogens (primary N) is 1. The SMILES string of the molecule is C1=C(c2ccccc2)N1Cc1ccc2ccccc2c1.C=C(/C=C\C=C/NC)c1ccc(-c2cccc(C)c2)cc1.CC.Nc1ccccc1. The van der Waals surface area contributed by atoms with E-state index in [0.717, 1.165) is 23.4 Å². The van der Waals surface area contributed by atoms with E-state index in [1.165, 1.54) is 44.3 Å². The van der Waals surface area contributed by atoms with Gasteiger partial charge in [-0.2, -0.15) is 0 Å². The molecule has 0 saturated carbocycles. The molecule has 0 amide bonds. The number of hydrogen-bond donors (Lipinski definition) is 2. The van der Waals surface area contributed by atoms with Gasteiger partial charge in [0.25, 0.3) is 0 Å². The summed E-state index contributed by atoms with van der Waals surface area (Å²) >= 11 is 0. The normalized spacial score (nSPS) is 11.4. The number of hydrogen-bond acceptors (Lipinski definition) is 3. The number of anilines is 1. The molecule has 1 heterocycles. The molecule has 50 heavy (non-hydrogen) atoms. The summed E-state index contributed by atoms with van der Waals surface area (Å²) in [5, 5.41) is 5.57. The Labute approximate surface area is 299 Å². The molecule has 3 N–H and O–H groups in total. The third-order valence-electron chi connectivity index (χ3n) is 7.83. The molecule has 0 atom stereocenters. The van der Waals surface area contributed by atoms with Gasteiger partial charge in [-0.05, 0) is 81.6 Å². The van der Waals surface area contributed by atoms with Gasteiger partial charge in [-0.15, -0.1) is 0 Å². The van der Waals surface area contributed by atoms with Crippen molar-refractivity contribution in [3.63, 3.8) is 0 Å². The van der Waals surface area contributed by atoms with Gasteiger partial charge in [0.2, 0.25) is 0 Å². The highest BCUT2D eigenvalue weighted by Gasteiger charge is 2.22. The Morgan fingerprint density at radius 2 is 1.30 bits per heavy atom. The maximum Gasteiger partial charge on any atom is 0.0648 e. The minimum absolute atomic E-state index is 0.822. The molecule has 1 aliphatic rings. The van der Waals surface area contributed by atoms with Crippen LogP contribution in [-0.2, 0) is 6.54 Å². The van der Waals surface area contributed by atoms with Crippen molar-refractivity contribution in [2.45, 2.75) is 27.3 Å². The fourth-order valence-corrected chi connectivity index (χ4v) is 5.21. The van der Waals surface area contributed by atoms with Crippen LogP contribution < -0.4 is 11.1 Å². The largest absolute Gasteiger partial charge is 0.399 e. The molecule has 6 aromatic rings. The Hall–Kier alpha value is -6.06. The molecule has 0 bridgehead atoms. The predicted molar refractivity (Wildman–Crippen MR) is 219 cm³/mol. The Morgan fingerprint density at radius 1 is 0.660 bits per heavy atom. The molecule has 0 aromatic heterocycles. The van der Waals surface area contributed by atoms with Crippen LogP contribution in [0.3, 0.4) is 0 Å². The topological polar surface area (TPSA) is 41.1 Å². The van der Waals surface area contributed by atoms with Crippen molar-refractivity contribution < 1.29 is 0 Å². The zero-order valence-corrected chi connectivity index (χ0v) is 29.8. The third kappa shape index (κ3) is 11.6. The molecule has 1 aliphatic heterocycles. The summed E-state index contributed by atoms with van der Waals surface area (Å²) in [6, 6.07) is 52.3. The number of rotatable bonds is 8. The van der Waals surface area contributed by atoms with Crippen LogP contribution in [0.15, 0.2) is 189 Å². The van der Waals surface area contributed by atoms with Gasteiger partial charge in [-0.25, -0.2) is 0 Å². The average molecular weight is 656 g/mol. The number of nitrogens with one attached hydrogen (secondary N) is 1. The molecule has 3 heteroatoms. The van der Waals surface area contributed by atoms with Crippen molar-refractivity contribution >= 4 is 27.7 Å². The number of nitrogen functional groups attached to an aromatic ring is 1. The van der Waals surface area contributed by atoms with Crippen molar-refractivity contribution in [2.75, 3.05) is 12.8 Å². The second kappa shape index (κ2) is 19.7. The second-order valence-electron chi connectivity index (χ2n) is 11.6. The standard InChI is InChI=1S/C20H21N.C19H15N.C6H7N.C2H6/c1-16-7-6-9-20(15-16)19-12-10-18(11-13-19)17(2)8-4-5-14-21-3;1-2-7-17(8-3-1)19-14-20(19)13-15-10-11-16-6-4-5-9-18(16)12-15;7-6-4-2-1-3-5-6;1-2/h4-15,21H,2H2,1,3H3;1-12,14H,13H2;1-5H,7H2;1-2H3/b8-4-,14-5-;;;. The minimum Gasteiger partial charge on any atom is -0.399 e. The average Bonchev–Trinajstić information content (AvgIpc) is 3.94. The summed E-state index contributed by atoms with van der Waals surface area (Å²) in [5.41, 5.74) is 16.1. The summed E-state index contributed by atoms with van der Waals surface area (Å²) in [6.07, 6.45) is 10.0. The highest BCUT2D eigenvalue weighted by Crippen LogP contribution is 2.33. The molecule has 0 fully saturated rings. The predicted octanol–water partition coefficient (Wildman–Crippen LogP) is 11.9. The first-order valence-corrected chi connectivity index (χ1v) is 17.2. The van der Waals surface area contributed by atoms with Gasteiger partial charge in [0, 0.05) is 25.5 Å². The summed E-state index contributed by atoms with van der Waals surface area (Å²) in [7, 11) is 1.88. The summed E-state index contributed by atoms with van der Waals surface area (Å²) in [4.78, 5) is 2.30. The van der Waals surface area contributed by atoms with Crippen LogP contribution >= 0.6 is 0 Å². The molecular weight excluding hydrogens is 607 g/mol. The molecule has 0 radical (unpaired) electrons. The Balaban J connectivity index is 0.000000181.